The van der Waals surface area contributed by atoms with Crippen LogP contribution in [0.1, 0.15) is 26.2 Å². The molecule has 2 rings (SSSR count). The van der Waals surface area contributed by atoms with Crippen LogP contribution in [0.15, 0.2) is 12.3 Å². The number of nitrogen functional groups attached to an aromatic ring is 1. The number of nitrogens with zero attached hydrogens (tertiary/aromatic N) is 2. The van der Waals surface area contributed by atoms with Crippen LogP contribution in [-0.2, 0) is 0 Å². The van der Waals surface area contributed by atoms with Crippen LogP contribution in [0.2, 0.25) is 0 Å². The number of aromatic nitrogens is 2. The zero-order valence-corrected chi connectivity index (χ0v) is 8.40. The molecule has 2 atom stereocenters. The topological polar surface area (TPSA) is 63.8 Å². The van der Waals surface area contributed by atoms with Gasteiger partial charge in [0, 0.05) is 12.2 Å². The minimum atomic E-state index is 0.520. The van der Waals surface area contributed by atoms with Gasteiger partial charge in [-0.1, -0.05) is 6.92 Å². The molecule has 1 aromatic rings. The minimum absolute atomic E-state index is 0.520. The van der Waals surface area contributed by atoms with Crippen molar-refractivity contribution >= 4 is 11.8 Å². The summed E-state index contributed by atoms with van der Waals surface area (Å²) in [5.74, 6) is 1.99. The second-order valence-electron chi connectivity index (χ2n) is 4.06. The van der Waals surface area contributed by atoms with Crippen LogP contribution in [0.5, 0.6) is 0 Å². The molecule has 0 aromatic carbocycles. The van der Waals surface area contributed by atoms with Crippen molar-refractivity contribution in [1.29, 1.82) is 0 Å². The lowest BCUT2D eigenvalue weighted by molar-refractivity contribution is 0.602. The Labute approximate surface area is 83.9 Å². The fraction of sp³-hybridized carbons (Fsp3) is 0.600. The number of nitrogens with two attached hydrogens (primary N) is 1. The van der Waals surface area contributed by atoms with E-state index in [1.54, 1.807) is 12.3 Å². The average Bonchev–Trinajstić information content (AvgIpc) is 2.51. The summed E-state index contributed by atoms with van der Waals surface area (Å²) in [6.45, 7) is 2.28. The Bertz CT molecular complexity index is 313. The van der Waals surface area contributed by atoms with Gasteiger partial charge in [-0.3, -0.25) is 0 Å². The van der Waals surface area contributed by atoms with Crippen LogP contribution in [0.3, 0.4) is 0 Å². The predicted molar refractivity (Wildman–Crippen MR) is 56.9 cm³/mol. The summed E-state index contributed by atoms with van der Waals surface area (Å²) in [4.78, 5) is 8.24. The summed E-state index contributed by atoms with van der Waals surface area (Å²) in [6, 6.07) is 2.22. The normalized spacial score (nSPS) is 26.4. The van der Waals surface area contributed by atoms with Crippen molar-refractivity contribution < 1.29 is 0 Å². The summed E-state index contributed by atoms with van der Waals surface area (Å²) in [5, 5.41) is 3.31. The van der Waals surface area contributed by atoms with Gasteiger partial charge < -0.3 is 11.1 Å². The van der Waals surface area contributed by atoms with E-state index in [1.807, 2.05) is 0 Å². The second-order valence-corrected chi connectivity index (χ2v) is 4.06. The first kappa shape index (κ1) is 9.24. The van der Waals surface area contributed by atoms with Crippen molar-refractivity contribution in [2.24, 2.45) is 5.92 Å². The third kappa shape index (κ3) is 2.13. The lowest BCUT2D eigenvalue weighted by Crippen LogP contribution is -2.17. The lowest BCUT2D eigenvalue weighted by atomic mass is 10.1. The van der Waals surface area contributed by atoms with Crippen molar-refractivity contribution in [2.45, 2.75) is 32.2 Å². The van der Waals surface area contributed by atoms with E-state index in [4.69, 9.17) is 5.73 Å². The molecule has 2 unspecified atom stereocenters. The van der Waals surface area contributed by atoms with Gasteiger partial charge in [-0.15, -0.1) is 0 Å². The van der Waals surface area contributed by atoms with E-state index in [1.165, 1.54) is 19.3 Å². The van der Waals surface area contributed by atoms with Gasteiger partial charge in [-0.2, -0.15) is 4.98 Å². The Hall–Kier alpha value is -1.32. The highest BCUT2D eigenvalue weighted by molar-refractivity contribution is 5.35. The standard InChI is InChI=1S/C10H16N4/c1-7-2-3-8(6-7)13-10-12-5-4-9(11)14-10/h4-5,7-8H,2-3,6H2,1H3,(H3,11,12,13,14). The molecule has 0 spiro atoms. The molecule has 1 aliphatic carbocycles. The average molecular weight is 192 g/mol. The van der Waals surface area contributed by atoms with Crippen LogP contribution >= 0.6 is 0 Å². The monoisotopic (exact) mass is 192 g/mol. The number of rotatable bonds is 2. The Morgan fingerprint density at radius 1 is 1.50 bits per heavy atom. The number of hydrogen-bond donors (Lipinski definition) is 2. The summed E-state index contributed by atoms with van der Waals surface area (Å²) < 4.78 is 0. The van der Waals surface area contributed by atoms with Crippen molar-refractivity contribution in [2.75, 3.05) is 11.1 Å². The zero-order valence-electron chi connectivity index (χ0n) is 8.40. The van der Waals surface area contributed by atoms with Gasteiger partial charge in [0.1, 0.15) is 5.82 Å². The molecule has 1 aromatic heterocycles. The van der Waals surface area contributed by atoms with E-state index >= 15 is 0 Å². The van der Waals surface area contributed by atoms with Gasteiger partial charge in [0.05, 0.1) is 0 Å². The molecule has 4 nitrogen and oxygen atoms in total. The summed E-state index contributed by atoms with van der Waals surface area (Å²) >= 11 is 0. The van der Waals surface area contributed by atoms with E-state index < -0.39 is 0 Å². The highest BCUT2D eigenvalue weighted by Gasteiger charge is 2.21. The van der Waals surface area contributed by atoms with Gasteiger partial charge >= 0.3 is 0 Å². The van der Waals surface area contributed by atoms with Crippen LogP contribution in [0, 0.1) is 5.92 Å². The molecule has 1 aliphatic rings. The van der Waals surface area contributed by atoms with Gasteiger partial charge in [-0.25, -0.2) is 4.98 Å². The van der Waals surface area contributed by atoms with E-state index in [2.05, 4.69) is 22.2 Å². The van der Waals surface area contributed by atoms with Crippen molar-refractivity contribution in [1.82, 2.24) is 9.97 Å². The Morgan fingerprint density at radius 2 is 2.36 bits per heavy atom. The number of hydrogen-bond acceptors (Lipinski definition) is 4. The molecular weight excluding hydrogens is 176 g/mol. The first-order valence-electron chi connectivity index (χ1n) is 5.09. The van der Waals surface area contributed by atoms with E-state index in [9.17, 15) is 0 Å². The molecule has 0 amide bonds. The molecule has 1 fully saturated rings. The molecular formula is C10H16N4. The summed E-state index contributed by atoms with van der Waals surface area (Å²) in [7, 11) is 0. The minimum Gasteiger partial charge on any atom is -0.384 e. The molecule has 1 saturated carbocycles. The molecule has 0 radical (unpaired) electrons. The molecule has 3 N–H and O–H groups in total. The zero-order chi connectivity index (χ0) is 9.97. The van der Waals surface area contributed by atoms with Crippen LogP contribution in [0.4, 0.5) is 11.8 Å². The summed E-state index contributed by atoms with van der Waals surface area (Å²) in [6.07, 6.45) is 5.39. The SMILES string of the molecule is CC1CCC(Nc2nccc(N)n2)C1. The second kappa shape index (κ2) is 3.82. The lowest BCUT2D eigenvalue weighted by Gasteiger charge is -2.11. The Balaban J connectivity index is 1.97. The van der Waals surface area contributed by atoms with E-state index in [-0.39, 0.29) is 0 Å². The molecule has 0 bridgehead atoms. The molecule has 76 valence electrons. The fourth-order valence-electron chi connectivity index (χ4n) is 1.96. The van der Waals surface area contributed by atoms with Crippen LogP contribution in [-0.4, -0.2) is 16.0 Å². The van der Waals surface area contributed by atoms with Gasteiger partial charge in [-0.05, 0) is 31.2 Å². The number of anilines is 2. The highest BCUT2D eigenvalue weighted by Crippen LogP contribution is 2.26. The van der Waals surface area contributed by atoms with Crippen molar-refractivity contribution in [3.63, 3.8) is 0 Å². The summed E-state index contributed by atoms with van der Waals surface area (Å²) in [5.41, 5.74) is 5.57. The van der Waals surface area contributed by atoms with Gasteiger partial charge in [0.15, 0.2) is 0 Å². The first-order valence-corrected chi connectivity index (χ1v) is 5.09. The maximum absolute atomic E-state index is 5.57. The quantitative estimate of drug-likeness (QED) is 0.748. The van der Waals surface area contributed by atoms with Crippen molar-refractivity contribution in [3.05, 3.63) is 12.3 Å². The van der Waals surface area contributed by atoms with Crippen LogP contribution < -0.4 is 11.1 Å². The first-order chi connectivity index (χ1) is 6.74. The Kier molecular flexibility index (Phi) is 2.52. The molecule has 0 aliphatic heterocycles. The molecule has 14 heavy (non-hydrogen) atoms. The maximum atomic E-state index is 5.57. The fourth-order valence-corrected chi connectivity index (χ4v) is 1.96. The van der Waals surface area contributed by atoms with E-state index in [0.29, 0.717) is 17.8 Å². The highest BCUT2D eigenvalue weighted by atomic mass is 15.1. The molecule has 4 heteroatoms. The molecule has 0 saturated heterocycles. The maximum Gasteiger partial charge on any atom is 0.224 e. The third-order valence-electron chi connectivity index (χ3n) is 2.71. The third-order valence-corrected chi connectivity index (χ3v) is 2.71. The van der Waals surface area contributed by atoms with Crippen LogP contribution in [0.25, 0.3) is 0 Å². The smallest absolute Gasteiger partial charge is 0.224 e. The predicted octanol–water partition coefficient (Wildman–Crippen LogP) is 1.66. The number of nitrogens with one attached hydrogen (secondary N) is 1. The Morgan fingerprint density at radius 3 is 3.00 bits per heavy atom. The van der Waals surface area contributed by atoms with E-state index in [0.717, 1.165) is 5.92 Å². The van der Waals surface area contributed by atoms with Crippen molar-refractivity contribution in [3.8, 4) is 0 Å². The van der Waals surface area contributed by atoms with Gasteiger partial charge in [0.2, 0.25) is 5.95 Å². The largest absolute Gasteiger partial charge is 0.384 e. The van der Waals surface area contributed by atoms with Gasteiger partial charge in [0.25, 0.3) is 0 Å². The molecule has 1 heterocycles.